The van der Waals surface area contributed by atoms with Gasteiger partial charge in [0.25, 0.3) is 0 Å². The second-order valence-electron chi connectivity index (χ2n) is 4.34. The highest BCUT2D eigenvalue weighted by atomic mass is 15.2. The van der Waals surface area contributed by atoms with E-state index in [1.165, 1.54) is 5.56 Å². The van der Waals surface area contributed by atoms with E-state index in [1.807, 2.05) is 18.3 Å². The molecule has 0 fully saturated rings. The van der Waals surface area contributed by atoms with Gasteiger partial charge in [-0.15, -0.1) is 0 Å². The minimum Gasteiger partial charge on any atom is -0.271 e. The number of pyridine rings is 1. The first kappa shape index (κ1) is 11.0. The third-order valence-electron chi connectivity index (χ3n) is 2.83. The van der Waals surface area contributed by atoms with Gasteiger partial charge in [0.1, 0.15) is 0 Å². The maximum absolute atomic E-state index is 5.58. The lowest BCUT2D eigenvalue weighted by molar-refractivity contribution is 0.421. The molecule has 0 bridgehead atoms. The molecule has 84 valence electrons. The molecule has 3 heteroatoms. The first-order valence-corrected chi connectivity index (χ1v) is 5.53. The van der Waals surface area contributed by atoms with Gasteiger partial charge in [0, 0.05) is 17.6 Å². The highest BCUT2D eigenvalue weighted by Gasteiger charge is 2.13. The Labute approximate surface area is 95.7 Å². The number of nitrogens with one attached hydrogen (secondary N) is 1. The molecule has 0 saturated carbocycles. The molecule has 1 unspecified atom stereocenters. The normalized spacial score (nSPS) is 13.2. The maximum Gasteiger partial charge on any atom is 0.0702 e. The van der Waals surface area contributed by atoms with Crippen LogP contribution in [0.15, 0.2) is 36.5 Å². The van der Waals surface area contributed by atoms with Crippen molar-refractivity contribution in [1.29, 1.82) is 0 Å². The summed E-state index contributed by atoms with van der Waals surface area (Å²) in [6, 6.07) is 10.5. The second kappa shape index (κ2) is 4.60. The van der Waals surface area contributed by atoms with E-state index in [0.29, 0.717) is 5.92 Å². The Morgan fingerprint density at radius 1 is 1.25 bits per heavy atom. The van der Waals surface area contributed by atoms with Gasteiger partial charge in [-0.1, -0.05) is 26.0 Å². The zero-order chi connectivity index (χ0) is 11.5. The third kappa shape index (κ3) is 2.05. The van der Waals surface area contributed by atoms with Crippen LogP contribution in [0.5, 0.6) is 0 Å². The van der Waals surface area contributed by atoms with Crippen LogP contribution in [-0.2, 0) is 0 Å². The lowest BCUT2D eigenvalue weighted by atomic mass is 9.95. The zero-order valence-electron chi connectivity index (χ0n) is 9.64. The number of fused-ring (bicyclic) bond motifs is 1. The number of rotatable bonds is 3. The Morgan fingerprint density at radius 3 is 2.75 bits per heavy atom. The van der Waals surface area contributed by atoms with Gasteiger partial charge in [-0.2, -0.15) is 0 Å². The van der Waals surface area contributed by atoms with Crippen molar-refractivity contribution in [3.05, 3.63) is 42.1 Å². The van der Waals surface area contributed by atoms with E-state index in [4.69, 9.17) is 5.84 Å². The molecule has 0 aliphatic carbocycles. The molecule has 1 atom stereocenters. The summed E-state index contributed by atoms with van der Waals surface area (Å²) in [6.45, 7) is 4.30. The lowest BCUT2D eigenvalue weighted by Gasteiger charge is -2.20. The quantitative estimate of drug-likeness (QED) is 0.610. The van der Waals surface area contributed by atoms with Crippen molar-refractivity contribution in [1.82, 2.24) is 10.4 Å². The predicted molar refractivity (Wildman–Crippen MR) is 66.6 cm³/mol. The number of benzene rings is 1. The van der Waals surface area contributed by atoms with E-state index in [-0.39, 0.29) is 6.04 Å². The van der Waals surface area contributed by atoms with Crippen molar-refractivity contribution in [2.75, 3.05) is 0 Å². The molecular formula is C13H17N3. The molecule has 0 aliphatic rings. The van der Waals surface area contributed by atoms with Crippen LogP contribution in [0.3, 0.4) is 0 Å². The minimum absolute atomic E-state index is 0.185. The Bertz CT molecular complexity index is 479. The molecule has 3 nitrogen and oxygen atoms in total. The van der Waals surface area contributed by atoms with Gasteiger partial charge in [0.2, 0.25) is 0 Å². The monoisotopic (exact) mass is 215 g/mol. The van der Waals surface area contributed by atoms with E-state index in [2.05, 4.69) is 42.5 Å². The minimum atomic E-state index is 0.185. The highest BCUT2D eigenvalue weighted by molar-refractivity contribution is 5.79. The molecule has 2 rings (SSSR count). The number of hydrogen-bond donors (Lipinski definition) is 2. The van der Waals surface area contributed by atoms with Crippen molar-refractivity contribution >= 4 is 10.9 Å². The summed E-state index contributed by atoms with van der Waals surface area (Å²) in [7, 11) is 0. The molecule has 16 heavy (non-hydrogen) atoms. The Morgan fingerprint density at radius 2 is 2.06 bits per heavy atom. The van der Waals surface area contributed by atoms with E-state index in [1.54, 1.807) is 0 Å². The molecule has 0 amide bonds. The van der Waals surface area contributed by atoms with E-state index >= 15 is 0 Å². The summed E-state index contributed by atoms with van der Waals surface area (Å²) in [5.74, 6) is 6.04. The van der Waals surface area contributed by atoms with Crippen molar-refractivity contribution in [3.8, 4) is 0 Å². The van der Waals surface area contributed by atoms with Crippen LogP contribution in [0.4, 0.5) is 0 Å². The summed E-state index contributed by atoms with van der Waals surface area (Å²) >= 11 is 0. The summed E-state index contributed by atoms with van der Waals surface area (Å²) in [5.41, 5.74) is 5.09. The highest BCUT2D eigenvalue weighted by Crippen LogP contribution is 2.23. The maximum atomic E-state index is 5.58. The SMILES string of the molecule is CC(C)C(NN)c1ccc2ncccc2c1. The fraction of sp³-hybridized carbons (Fsp3) is 0.308. The van der Waals surface area contributed by atoms with Crippen LogP contribution in [-0.4, -0.2) is 4.98 Å². The first-order valence-electron chi connectivity index (χ1n) is 5.53. The van der Waals surface area contributed by atoms with Gasteiger partial charge >= 0.3 is 0 Å². The summed E-state index contributed by atoms with van der Waals surface area (Å²) < 4.78 is 0. The molecule has 1 heterocycles. The molecule has 3 N–H and O–H groups in total. The Balaban J connectivity index is 2.45. The third-order valence-corrected chi connectivity index (χ3v) is 2.83. The van der Waals surface area contributed by atoms with Gasteiger partial charge in [-0.3, -0.25) is 16.3 Å². The van der Waals surface area contributed by atoms with Crippen molar-refractivity contribution in [2.45, 2.75) is 19.9 Å². The van der Waals surface area contributed by atoms with Crippen LogP contribution >= 0.6 is 0 Å². The molecule has 2 aromatic rings. The second-order valence-corrected chi connectivity index (χ2v) is 4.34. The van der Waals surface area contributed by atoms with Crippen LogP contribution < -0.4 is 11.3 Å². The van der Waals surface area contributed by atoms with Crippen LogP contribution in [0, 0.1) is 5.92 Å². The van der Waals surface area contributed by atoms with Gasteiger partial charge in [-0.25, -0.2) is 0 Å². The average molecular weight is 215 g/mol. The predicted octanol–water partition coefficient (Wildman–Crippen LogP) is 2.40. The fourth-order valence-corrected chi connectivity index (χ4v) is 1.96. The number of hydrogen-bond acceptors (Lipinski definition) is 3. The summed E-state index contributed by atoms with van der Waals surface area (Å²) in [6.07, 6.45) is 1.81. The number of nitrogens with zero attached hydrogens (tertiary/aromatic N) is 1. The molecule has 0 saturated heterocycles. The summed E-state index contributed by atoms with van der Waals surface area (Å²) in [4.78, 5) is 4.30. The molecule has 0 radical (unpaired) electrons. The number of nitrogens with two attached hydrogens (primary N) is 1. The molecular weight excluding hydrogens is 198 g/mol. The smallest absolute Gasteiger partial charge is 0.0702 e. The molecule has 0 aliphatic heterocycles. The fourth-order valence-electron chi connectivity index (χ4n) is 1.96. The van der Waals surface area contributed by atoms with Crippen LogP contribution in [0.25, 0.3) is 10.9 Å². The number of aromatic nitrogens is 1. The Hall–Kier alpha value is -1.45. The van der Waals surface area contributed by atoms with Crippen molar-refractivity contribution < 1.29 is 0 Å². The lowest BCUT2D eigenvalue weighted by Crippen LogP contribution is -2.31. The topological polar surface area (TPSA) is 50.9 Å². The average Bonchev–Trinajstić information content (AvgIpc) is 2.29. The van der Waals surface area contributed by atoms with Crippen LogP contribution in [0.2, 0.25) is 0 Å². The largest absolute Gasteiger partial charge is 0.271 e. The summed E-state index contributed by atoms with van der Waals surface area (Å²) in [5, 5.41) is 1.15. The Kier molecular flexibility index (Phi) is 3.17. The molecule has 1 aromatic carbocycles. The van der Waals surface area contributed by atoms with E-state index in [0.717, 1.165) is 10.9 Å². The van der Waals surface area contributed by atoms with E-state index < -0.39 is 0 Å². The van der Waals surface area contributed by atoms with Gasteiger partial charge in [0.15, 0.2) is 0 Å². The zero-order valence-corrected chi connectivity index (χ0v) is 9.64. The van der Waals surface area contributed by atoms with Gasteiger partial charge in [-0.05, 0) is 29.7 Å². The number of hydrazine groups is 1. The van der Waals surface area contributed by atoms with E-state index in [9.17, 15) is 0 Å². The van der Waals surface area contributed by atoms with Crippen LogP contribution in [0.1, 0.15) is 25.5 Å². The van der Waals surface area contributed by atoms with Crippen molar-refractivity contribution in [2.24, 2.45) is 11.8 Å². The molecule has 1 aromatic heterocycles. The van der Waals surface area contributed by atoms with Gasteiger partial charge in [0.05, 0.1) is 5.52 Å². The van der Waals surface area contributed by atoms with Crippen molar-refractivity contribution in [3.63, 3.8) is 0 Å². The molecule has 0 spiro atoms. The standard InChI is InChI=1S/C13H17N3/c1-9(2)13(16-14)11-5-6-12-10(8-11)4-3-7-15-12/h3-9,13,16H,14H2,1-2H3. The first-order chi connectivity index (χ1) is 7.72. The van der Waals surface area contributed by atoms with Gasteiger partial charge < -0.3 is 0 Å².